The average Bonchev–Trinajstić information content (AvgIpc) is 2.46. The Morgan fingerprint density at radius 2 is 1.58 bits per heavy atom. The Bertz CT molecular complexity index is 454. The maximum Gasteiger partial charge on any atom is 0.253 e. The Labute approximate surface area is 117 Å². The molecule has 0 aliphatic carbocycles. The third-order valence-corrected chi connectivity index (χ3v) is 3.43. The van der Waals surface area contributed by atoms with Crippen molar-refractivity contribution in [2.45, 2.75) is 12.3 Å². The minimum absolute atomic E-state index is 0.0200. The number of piperazine rings is 1. The maximum atomic E-state index is 12.2. The molecule has 1 aromatic carbocycles. The first-order valence-corrected chi connectivity index (χ1v) is 6.80. The van der Waals surface area contributed by atoms with Crippen LogP contribution in [-0.2, 0) is 4.79 Å². The van der Waals surface area contributed by atoms with Gasteiger partial charge in [0.2, 0.25) is 5.91 Å². The molecule has 0 unspecified atom stereocenters. The second-order valence-corrected chi connectivity index (χ2v) is 5.25. The molecule has 1 saturated heterocycles. The summed E-state index contributed by atoms with van der Waals surface area (Å²) >= 11 is 5.78. The average molecular weight is 281 g/mol. The predicted molar refractivity (Wildman–Crippen MR) is 74.2 cm³/mol. The Balaban J connectivity index is 1.94. The van der Waals surface area contributed by atoms with Crippen LogP contribution in [0.5, 0.6) is 0 Å². The third kappa shape index (κ3) is 3.26. The van der Waals surface area contributed by atoms with Gasteiger partial charge < -0.3 is 9.80 Å². The molecular formula is C14H17ClN2O2. The standard InChI is InChI=1S/C14H17ClN2O2/c1-11(15)13(18)16-7-9-17(10-8-16)14(19)12-5-3-2-4-6-12/h2-6,11H,7-10H2,1H3/t11-/m0/s1. The van der Waals surface area contributed by atoms with Gasteiger partial charge in [0, 0.05) is 31.7 Å². The Hall–Kier alpha value is -1.55. The molecule has 0 radical (unpaired) electrons. The van der Waals surface area contributed by atoms with E-state index in [9.17, 15) is 9.59 Å². The second-order valence-electron chi connectivity index (χ2n) is 4.60. The van der Waals surface area contributed by atoms with E-state index < -0.39 is 5.38 Å². The molecule has 1 aliphatic heterocycles. The molecule has 0 aromatic heterocycles. The highest BCUT2D eigenvalue weighted by Gasteiger charge is 2.26. The fourth-order valence-electron chi connectivity index (χ4n) is 2.14. The van der Waals surface area contributed by atoms with E-state index in [-0.39, 0.29) is 11.8 Å². The van der Waals surface area contributed by atoms with Crippen molar-refractivity contribution >= 4 is 23.4 Å². The Morgan fingerprint density at radius 1 is 1.05 bits per heavy atom. The zero-order valence-electron chi connectivity index (χ0n) is 10.9. The molecule has 1 aromatic rings. The lowest BCUT2D eigenvalue weighted by Gasteiger charge is -2.35. The smallest absolute Gasteiger partial charge is 0.253 e. The summed E-state index contributed by atoms with van der Waals surface area (Å²) in [5.41, 5.74) is 0.688. The van der Waals surface area contributed by atoms with E-state index in [1.54, 1.807) is 28.9 Å². The molecule has 5 heteroatoms. The highest BCUT2D eigenvalue weighted by molar-refractivity contribution is 6.30. The molecule has 0 bridgehead atoms. The molecule has 2 amide bonds. The summed E-state index contributed by atoms with van der Waals surface area (Å²) in [5, 5.41) is -0.503. The van der Waals surface area contributed by atoms with E-state index in [0.717, 1.165) is 0 Å². The van der Waals surface area contributed by atoms with Gasteiger partial charge in [-0.3, -0.25) is 9.59 Å². The lowest BCUT2D eigenvalue weighted by atomic mass is 10.2. The quantitative estimate of drug-likeness (QED) is 0.772. The number of benzene rings is 1. The number of rotatable bonds is 2. The normalized spacial score (nSPS) is 17.2. The molecule has 1 heterocycles. The number of alkyl halides is 1. The van der Waals surface area contributed by atoms with Crippen LogP contribution in [0.2, 0.25) is 0 Å². The van der Waals surface area contributed by atoms with Crippen LogP contribution in [0, 0.1) is 0 Å². The number of carbonyl (C=O) groups excluding carboxylic acids is 2. The van der Waals surface area contributed by atoms with E-state index in [1.807, 2.05) is 18.2 Å². The molecular weight excluding hydrogens is 264 g/mol. The van der Waals surface area contributed by atoms with Crippen molar-refractivity contribution in [3.63, 3.8) is 0 Å². The SMILES string of the molecule is C[C@H](Cl)C(=O)N1CCN(C(=O)c2ccccc2)CC1. The van der Waals surface area contributed by atoms with Gasteiger partial charge in [-0.05, 0) is 19.1 Å². The van der Waals surface area contributed by atoms with Gasteiger partial charge in [0.05, 0.1) is 0 Å². The van der Waals surface area contributed by atoms with Crippen molar-refractivity contribution in [2.24, 2.45) is 0 Å². The molecule has 1 fully saturated rings. The van der Waals surface area contributed by atoms with Crippen molar-refractivity contribution < 1.29 is 9.59 Å². The Kier molecular flexibility index (Phi) is 4.43. The van der Waals surface area contributed by atoms with Gasteiger partial charge in [0.25, 0.3) is 5.91 Å². The minimum Gasteiger partial charge on any atom is -0.338 e. The molecule has 0 saturated carbocycles. The number of carbonyl (C=O) groups is 2. The van der Waals surface area contributed by atoms with Crippen molar-refractivity contribution in [1.29, 1.82) is 0 Å². The van der Waals surface area contributed by atoms with Crippen molar-refractivity contribution in [3.8, 4) is 0 Å². The van der Waals surface area contributed by atoms with Crippen LogP contribution in [0.25, 0.3) is 0 Å². The van der Waals surface area contributed by atoms with Crippen LogP contribution in [0.1, 0.15) is 17.3 Å². The summed E-state index contributed by atoms with van der Waals surface area (Å²) in [5.74, 6) is -0.0416. The number of nitrogens with zero attached hydrogens (tertiary/aromatic N) is 2. The Morgan fingerprint density at radius 3 is 2.11 bits per heavy atom. The van der Waals surface area contributed by atoms with Crippen LogP contribution in [0.15, 0.2) is 30.3 Å². The van der Waals surface area contributed by atoms with Gasteiger partial charge in [0.15, 0.2) is 0 Å². The van der Waals surface area contributed by atoms with Crippen molar-refractivity contribution in [3.05, 3.63) is 35.9 Å². The van der Waals surface area contributed by atoms with Gasteiger partial charge in [-0.15, -0.1) is 11.6 Å². The van der Waals surface area contributed by atoms with Crippen molar-refractivity contribution in [2.75, 3.05) is 26.2 Å². The van der Waals surface area contributed by atoms with Crippen LogP contribution in [-0.4, -0.2) is 53.2 Å². The summed E-state index contributed by atoms with van der Waals surface area (Å²) in [6.07, 6.45) is 0. The monoisotopic (exact) mass is 280 g/mol. The highest BCUT2D eigenvalue weighted by Crippen LogP contribution is 2.10. The topological polar surface area (TPSA) is 40.6 Å². The van der Waals surface area contributed by atoms with Gasteiger partial charge in [-0.1, -0.05) is 18.2 Å². The molecule has 1 atom stereocenters. The number of hydrogen-bond acceptors (Lipinski definition) is 2. The van der Waals surface area contributed by atoms with Gasteiger partial charge in [-0.2, -0.15) is 0 Å². The molecule has 1 aliphatic rings. The zero-order chi connectivity index (χ0) is 13.8. The number of halogens is 1. The summed E-state index contributed by atoms with van der Waals surface area (Å²) in [7, 11) is 0. The summed E-state index contributed by atoms with van der Waals surface area (Å²) in [6.45, 7) is 3.89. The van der Waals surface area contributed by atoms with Gasteiger partial charge in [0.1, 0.15) is 5.38 Å². The van der Waals surface area contributed by atoms with Gasteiger partial charge >= 0.3 is 0 Å². The second kappa shape index (κ2) is 6.06. The lowest BCUT2D eigenvalue weighted by molar-refractivity contribution is -0.131. The van der Waals surface area contributed by atoms with E-state index in [2.05, 4.69) is 0 Å². The molecule has 102 valence electrons. The summed E-state index contributed by atoms with van der Waals surface area (Å²) in [6, 6.07) is 9.20. The number of hydrogen-bond donors (Lipinski definition) is 0. The van der Waals surface area contributed by atoms with Crippen LogP contribution in [0.4, 0.5) is 0 Å². The zero-order valence-corrected chi connectivity index (χ0v) is 11.6. The molecule has 0 spiro atoms. The summed E-state index contributed by atoms with van der Waals surface area (Å²) in [4.78, 5) is 27.4. The minimum atomic E-state index is -0.503. The van der Waals surface area contributed by atoms with Crippen LogP contribution >= 0.6 is 11.6 Å². The molecule has 19 heavy (non-hydrogen) atoms. The predicted octanol–water partition coefficient (Wildman–Crippen LogP) is 1.60. The van der Waals surface area contributed by atoms with E-state index in [0.29, 0.717) is 31.7 Å². The van der Waals surface area contributed by atoms with Gasteiger partial charge in [-0.25, -0.2) is 0 Å². The fourth-order valence-corrected chi connectivity index (χ4v) is 2.28. The van der Waals surface area contributed by atoms with Crippen molar-refractivity contribution in [1.82, 2.24) is 9.80 Å². The molecule has 2 rings (SSSR count). The first-order chi connectivity index (χ1) is 9.09. The highest BCUT2D eigenvalue weighted by atomic mass is 35.5. The van der Waals surface area contributed by atoms with Crippen LogP contribution in [0.3, 0.4) is 0 Å². The van der Waals surface area contributed by atoms with Crippen LogP contribution < -0.4 is 0 Å². The molecule has 4 nitrogen and oxygen atoms in total. The lowest BCUT2D eigenvalue weighted by Crippen LogP contribution is -2.52. The molecule has 0 N–H and O–H groups in total. The largest absolute Gasteiger partial charge is 0.338 e. The third-order valence-electron chi connectivity index (χ3n) is 3.24. The summed E-state index contributed by atoms with van der Waals surface area (Å²) < 4.78 is 0. The fraction of sp³-hybridized carbons (Fsp3) is 0.429. The van der Waals surface area contributed by atoms with E-state index >= 15 is 0 Å². The first kappa shape index (κ1) is 13.9. The number of amides is 2. The first-order valence-electron chi connectivity index (χ1n) is 6.37. The van der Waals surface area contributed by atoms with E-state index in [1.165, 1.54) is 0 Å². The van der Waals surface area contributed by atoms with E-state index in [4.69, 9.17) is 11.6 Å². The maximum absolute atomic E-state index is 12.2.